The Bertz CT molecular complexity index is 239. The van der Waals surface area contributed by atoms with E-state index in [-0.39, 0.29) is 5.60 Å². The van der Waals surface area contributed by atoms with Gasteiger partial charge in [-0.1, -0.05) is 20.3 Å². The van der Waals surface area contributed by atoms with Gasteiger partial charge >= 0.3 is 0 Å². The molecule has 0 spiro atoms. The average Bonchev–Trinajstić information content (AvgIpc) is 2.39. The third-order valence-electron chi connectivity index (χ3n) is 4.91. The fourth-order valence-electron chi connectivity index (χ4n) is 3.28. The minimum Gasteiger partial charge on any atom is -0.379 e. The Morgan fingerprint density at radius 1 is 1.21 bits per heavy atom. The molecule has 0 bridgehead atoms. The highest BCUT2D eigenvalue weighted by molar-refractivity contribution is 4.82. The van der Waals surface area contributed by atoms with Gasteiger partial charge in [-0.2, -0.15) is 0 Å². The summed E-state index contributed by atoms with van der Waals surface area (Å²) < 4.78 is 5.57. The van der Waals surface area contributed by atoms with Crippen molar-refractivity contribution < 1.29 is 4.74 Å². The summed E-state index contributed by atoms with van der Waals surface area (Å²) in [6, 6.07) is 0. The maximum atomic E-state index is 5.57. The topological polar surface area (TPSA) is 21.3 Å². The molecule has 1 aliphatic carbocycles. The van der Waals surface area contributed by atoms with E-state index in [1.165, 1.54) is 51.6 Å². The third-order valence-corrected chi connectivity index (χ3v) is 4.91. The van der Waals surface area contributed by atoms with Gasteiger partial charge < -0.3 is 10.1 Å². The Kier molecular flexibility index (Phi) is 7.38. The van der Waals surface area contributed by atoms with Gasteiger partial charge in [-0.3, -0.25) is 0 Å². The normalized spacial score (nSPS) is 28.6. The first-order valence-corrected chi connectivity index (χ1v) is 8.24. The zero-order chi connectivity index (χ0) is 14.3. The summed E-state index contributed by atoms with van der Waals surface area (Å²) in [6.45, 7) is 11.5. The van der Waals surface area contributed by atoms with Gasteiger partial charge in [-0.25, -0.2) is 0 Å². The molecule has 0 saturated heterocycles. The Balaban J connectivity index is 2.43. The van der Waals surface area contributed by atoms with Gasteiger partial charge in [0.1, 0.15) is 0 Å². The van der Waals surface area contributed by atoms with E-state index in [4.69, 9.17) is 4.74 Å². The van der Waals surface area contributed by atoms with Crippen LogP contribution in [-0.2, 0) is 4.74 Å². The quantitative estimate of drug-likeness (QED) is 0.665. The van der Waals surface area contributed by atoms with E-state index < -0.39 is 0 Å². The van der Waals surface area contributed by atoms with Crippen LogP contribution in [0.5, 0.6) is 0 Å². The van der Waals surface area contributed by atoms with Crippen molar-refractivity contribution in [3.8, 4) is 0 Å². The van der Waals surface area contributed by atoms with E-state index in [0.717, 1.165) is 17.8 Å². The molecule has 1 rings (SSSR count). The summed E-state index contributed by atoms with van der Waals surface area (Å²) in [5.74, 6) is 2.69. The summed E-state index contributed by atoms with van der Waals surface area (Å²) >= 11 is 0. The molecule has 0 aliphatic heterocycles. The predicted molar refractivity (Wildman–Crippen MR) is 83.5 cm³/mol. The van der Waals surface area contributed by atoms with Crippen LogP contribution in [0.1, 0.15) is 66.2 Å². The maximum Gasteiger partial charge on any atom is 0.0622 e. The molecular weight excluding hydrogens is 234 g/mol. The lowest BCUT2D eigenvalue weighted by Crippen LogP contribution is -2.34. The van der Waals surface area contributed by atoms with E-state index >= 15 is 0 Å². The van der Waals surface area contributed by atoms with E-state index in [1.807, 2.05) is 7.11 Å². The van der Waals surface area contributed by atoms with Crippen LogP contribution in [0.4, 0.5) is 0 Å². The first-order valence-electron chi connectivity index (χ1n) is 8.24. The van der Waals surface area contributed by atoms with Crippen LogP contribution >= 0.6 is 0 Å². The number of ether oxygens (including phenoxy) is 1. The molecule has 0 aromatic rings. The second-order valence-corrected chi connectivity index (χ2v) is 7.14. The number of nitrogens with one attached hydrogen (secondary N) is 1. The van der Waals surface area contributed by atoms with Crippen molar-refractivity contribution in [1.29, 1.82) is 0 Å². The molecule has 1 N–H and O–H groups in total. The number of methoxy groups -OCH3 is 1. The fraction of sp³-hybridized carbons (Fsp3) is 1.00. The summed E-state index contributed by atoms with van der Waals surface area (Å²) in [4.78, 5) is 0. The molecule has 0 aromatic carbocycles. The summed E-state index contributed by atoms with van der Waals surface area (Å²) in [6.07, 6.45) is 8.00. The first kappa shape index (κ1) is 17.0. The molecule has 3 unspecified atom stereocenters. The smallest absolute Gasteiger partial charge is 0.0622 e. The van der Waals surface area contributed by atoms with Gasteiger partial charge in [0.2, 0.25) is 0 Å². The van der Waals surface area contributed by atoms with Crippen molar-refractivity contribution >= 4 is 0 Å². The predicted octanol–water partition coefficient (Wildman–Crippen LogP) is 4.24. The van der Waals surface area contributed by atoms with Crippen molar-refractivity contribution in [2.24, 2.45) is 17.8 Å². The molecule has 1 aliphatic rings. The van der Waals surface area contributed by atoms with Gasteiger partial charge in [0.05, 0.1) is 5.60 Å². The molecule has 0 aromatic heterocycles. The van der Waals surface area contributed by atoms with Crippen molar-refractivity contribution in [2.75, 3.05) is 20.2 Å². The number of rotatable bonds is 8. The van der Waals surface area contributed by atoms with Crippen LogP contribution in [0.25, 0.3) is 0 Å². The van der Waals surface area contributed by atoms with Crippen LogP contribution in [0, 0.1) is 17.8 Å². The SMILES string of the molecule is CCCNCC1CCC(C)CC1CCC(C)(C)OC. The van der Waals surface area contributed by atoms with E-state index in [1.54, 1.807) is 0 Å². The van der Waals surface area contributed by atoms with Crippen LogP contribution in [0.15, 0.2) is 0 Å². The zero-order valence-electron chi connectivity index (χ0n) is 13.8. The molecule has 0 radical (unpaired) electrons. The van der Waals surface area contributed by atoms with E-state index in [9.17, 15) is 0 Å². The van der Waals surface area contributed by atoms with Gasteiger partial charge in [0, 0.05) is 7.11 Å². The van der Waals surface area contributed by atoms with Crippen LogP contribution in [0.2, 0.25) is 0 Å². The van der Waals surface area contributed by atoms with Crippen molar-refractivity contribution in [2.45, 2.75) is 71.8 Å². The van der Waals surface area contributed by atoms with Crippen molar-refractivity contribution in [3.63, 3.8) is 0 Å². The molecule has 19 heavy (non-hydrogen) atoms. The maximum absolute atomic E-state index is 5.57. The third kappa shape index (κ3) is 6.27. The Morgan fingerprint density at radius 3 is 2.58 bits per heavy atom. The lowest BCUT2D eigenvalue weighted by atomic mass is 9.72. The minimum absolute atomic E-state index is 0.0437. The van der Waals surface area contributed by atoms with Crippen LogP contribution in [0.3, 0.4) is 0 Å². The van der Waals surface area contributed by atoms with E-state index in [2.05, 4.69) is 33.0 Å². The number of hydrogen-bond acceptors (Lipinski definition) is 2. The highest BCUT2D eigenvalue weighted by atomic mass is 16.5. The van der Waals surface area contributed by atoms with Gasteiger partial charge in [-0.15, -0.1) is 0 Å². The largest absolute Gasteiger partial charge is 0.379 e. The van der Waals surface area contributed by atoms with Gasteiger partial charge in [-0.05, 0) is 76.8 Å². The van der Waals surface area contributed by atoms with Crippen molar-refractivity contribution in [1.82, 2.24) is 5.32 Å². The average molecular weight is 269 g/mol. The zero-order valence-corrected chi connectivity index (χ0v) is 13.8. The number of hydrogen-bond donors (Lipinski definition) is 1. The second kappa shape index (κ2) is 8.26. The lowest BCUT2D eigenvalue weighted by molar-refractivity contribution is 0.00482. The molecule has 1 saturated carbocycles. The summed E-state index contributed by atoms with van der Waals surface area (Å²) in [5, 5.41) is 3.63. The molecule has 1 fully saturated rings. The van der Waals surface area contributed by atoms with Crippen LogP contribution in [-0.4, -0.2) is 25.8 Å². The van der Waals surface area contributed by atoms with Crippen molar-refractivity contribution in [3.05, 3.63) is 0 Å². The minimum atomic E-state index is 0.0437. The highest BCUT2D eigenvalue weighted by Crippen LogP contribution is 2.37. The van der Waals surface area contributed by atoms with Gasteiger partial charge in [0.15, 0.2) is 0 Å². The Hall–Kier alpha value is -0.0800. The standard InChI is InChI=1S/C17H35NO/c1-6-11-18-13-16-8-7-14(2)12-15(16)9-10-17(3,4)19-5/h14-16,18H,6-13H2,1-5H3. The molecule has 2 nitrogen and oxygen atoms in total. The first-order chi connectivity index (χ1) is 8.98. The summed E-state index contributed by atoms with van der Waals surface area (Å²) in [7, 11) is 1.84. The monoisotopic (exact) mass is 269 g/mol. The molecular formula is C17H35NO. The van der Waals surface area contributed by atoms with Gasteiger partial charge in [0.25, 0.3) is 0 Å². The molecule has 0 amide bonds. The highest BCUT2D eigenvalue weighted by Gasteiger charge is 2.29. The Labute approximate surface area is 120 Å². The molecule has 0 heterocycles. The molecule has 2 heteroatoms. The fourth-order valence-corrected chi connectivity index (χ4v) is 3.28. The summed E-state index contributed by atoms with van der Waals surface area (Å²) in [5.41, 5.74) is 0.0437. The molecule has 3 atom stereocenters. The van der Waals surface area contributed by atoms with E-state index in [0.29, 0.717) is 0 Å². The Morgan fingerprint density at radius 2 is 1.95 bits per heavy atom. The second-order valence-electron chi connectivity index (χ2n) is 7.14. The van der Waals surface area contributed by atoms with Crippen LogP contribution < -0.4 is 5.32 Å². The lowest BCUT2D eigenvalue weighted by Gasteiger charge is -2.37. The molecule has 114 valence electrons.